The summed E-state index contributed by atoms with van der Waals surface area (Å²) in [6, 6.07) is 0.453. The van der Waals surface area contributed by atoms with Crippen LogP contribution in [-0.2, 0) is 4.79 Å². The molecule has 1 aliphatic carbocycles. The highest BCUT2D eigenvalue weighted by molar-refractivity contribution is 5.72. The number of amides is 1. The summed E-state index contributed by atoms with van der Waals surface area (Å²) in [6.07, 6.45) is 1.59. The van der Waals surface area contributed by atoms with Gasteiger partial charge in [0, 0.05) is 26.1 Å². The molecule has 0 atom stereocenters. The van der Waals surface area contributed by atoms with E-state index in [0.29, 0.717) is 12.6 Å². The molecule has 0 aromatic heterocycles. The van der Waals surface area contributed by atoms with Crippen LogP contribution in [0.2, 0.25) is 0 Å². The first-order valence-corrected chi connectivity index (χ1v) is 4.34. The quantitative estimate of drug-likeness (QED) is 0.488. The third kappa shape index (κ3) is 3.19. The van der Waals surface area contributed by atoms with Crippen LogP contribution in [0.25, 0.3) is 0 Å². The number of hydrogen-bond acceptors (Lipinski definition) is 3. The van der Waals surface area contributed by atoms with Gasteiger partial charge in [0.15, 0.2) is 0 Å². The monoisotopic (exact) mass is 172 g/mol. The number of aliphatic hydroxyl groups excluding tert-OH is 1. The molecule has 4 heteroatoms. The van der Waals surface area contributed by atoms with Crippen LogP contribution >= 0.6 is 0 Å². The molecule has 12 heavy (non-hydrogen) atoms. The molecule has 1 fully saturated rings. The Morgan fingerprint density at radius 2 is 2.17 bits per heavy atom. The molecule has 0 aromatic rings. The van der Waals surface area contributed by atoms with E-state index < -0.39 is 0 Å². The summed E-state index contributed by atoms with van der Waals surface area (Å²) in [4.78, 5) is 10.4. The lowest BCUT2D eigenvalue weighted by atomic mass is 9.90. The van der Waals surface area contributed by atoms with Crippen molar-refractivity contribution in [3.8, 4) is 0 Å². The second-order valence-corrected chi connectivity index (χ2v) is 3.26. The molecule has 0 spiro atoms. The van der Waals surface area contributed by atoms with Crippen LogP contribution in [0, 0.1) is 0 Å². The van der Waals surface area contributed by atoms with E-state index in [0.717, 1.165) is 19.4 Å². The van der Waals surface area contributed by atoms with Gasteiger partial charge in [0.2, 0.25) is 5.91 Å². The summed E-state index contributed by atoms with van der Waals surface area (Å²) in [5, 5.41) is 14.9. The summed E-state index contributed by atoms with van der Waals surface area (Å²) < 4.78 is 0. The Morgan fingerprint density at radius 1 is 1.50 bits per heavy atom. The van der Waals surface area contributed by atoms with Crippen molar-refractivity contribution >= 4 is 5.91 Å². The number of carbonyl (C=O) groups excluding carboxylic acids is 1. The van der Waals surface area contributed by atoms with Crippen molar-refractivity contribution < 1.29 is 9.90 Å². The van der Waals surface area contributed by atoms with Crippen LogP contribution in [0.5, 0.6) is 0 Å². The minimum Gasteiger partial charge on any atom is -0.393 e. The van der Waals surface area contributed by atoms with Gasteiger partial charge in [0.1, 0.15) is 0 Å². The molecule has 0 radical (unpaired) electrons. The first-order chi connectivity index (χ1) is 5.68. The molecule has 0 aliphatic heterocycles. The van der Waals surface area contributed by atoms with Gasteiger partial charge in [-0.25, -0.2) is 0 Å². The van der Waals surface area contributed by atoms with E-state index in [9.17, 15) is 4.79 Å². The van der Waals surface area contributed by atoms with Gasteiger partial charge in [0.25, 0.3) is 0 Å². The topological polar surface area (TPSA) is 61.4 Å². The van der Waals surface area contributed by atoms with Crippen LogP contribution in [0.1, 0.15) is 19.8 Å². The maximum atomic E-state index is 10.4. The summed E-state index contributed by atoms with van der Waals surface area (Å²) >= 11 is 0. The minimum atomic E-state index is -0.108. The molecule has 0 unspecified atom stereocenters. The van der Waals surface area contributed by atoms with Gasteiger partial charge >= 0.3 is 0 Å². The molecule has 1 aliphatic rings. The lowest BCUT2D eigenvalue weighted by Crippen LogP contribution is -2.46. The summed E-state index contributed by atoms with van der Waals surface area (Å²) in [5.74, 6) is 0.00504. The van der Waals surface area contributed by atoms with Crippen LogP contribution in [0.3, 0.4) is 0 Å². The maximum absolute atomic E-state index is 10.4. The number of rotatable bonds is 4. The van der Waals surface area contributed by atoms with Gasteiger partial charge in [0.05, 0.1) is 6.10 Å². The molecule has 0 heterocycles. The maximum Gasteiger partial charge on any atom is 0.216 e. The van der Waals surface area contributed by atoms with E-state index >= 15 is 0 Å². The van der Waals surface area contributed by atoms with Gasteiger partial charge in [-0.3, -0.25) is 4.79 Å². The fraction of sp³-hybridized carbons (Fsp3) is 0.875. The van der Waals surface area contributed by atoms with E-state index in [4.69, 9.17) is 5.11 Å². The molecule has 4 nitrogen and oxygen atoms in total. The van der Waals surface area contributed by atoms with Gasteiger partial charge in [-0.1, -0.05) is 0 Å². The molecular formula is C8H16N2O2. The smallest absolute Gasteiger partial charge is 0.216 e. The molecular weight excluding hydrogens is 156 g/mol. The first kappa shape index (κ1) is 9.48. The Balaban J connectivity index is 1.87. The van der Waals surface area contributed by atoms with Crippen molar-refractivity contribution in [3.05, 3.63) is 0 Å². The average molecular weight is 172 g/mol. The fourth-order valence-corrected chi connectivity index (χ4v) is 1.27. The van der Waals surface area contributed by atoms with Crippen molar-refractivity contribution in [1.82, 2.24) is 10.6 Å². The molecule has 1 rings (SSSR count). The zero-order chi connectivity index (χ0) is 8.97. The van der Waals surface area contributed by atoms with E-state index in [1.165, 1.54) is 6.92 Å². The van der Waals surface area contributed by atoms with Crippen molar-refractivity contribution in [2.75, 3.05) is 13.1 Å². The van der Waals surface area contributed by atoms with Gasteiger partial charge in [-0.2, -0.15) is 0 Å². The highest BCUT2D eigenvalue weighted by atomic mass is 16.3. The van der Waals surface area contributed by atoms with E-state index in [-0.39, 0.29) is 12.0 Å². The standard InChI is InChI=1S/C8H16N2O2/c1-6(11)9-2-3-10-7-4-8(12)5-7/h7-8,10,12H,2-5H2,1H3,(H,9,11). The van der Waals surface area contributed by atoms with E-state index in [1.807, 2.05) is 0 Å². The van der Waals surface area contributed by atoms with Crippen LogP contribution in [0.15, 0.2) is 0 Å². The Bertz CT molecular complexity index is 155. The Morgan fingerprint density at radius 3 is 2.67 bits per heavy atom. The third-order valence-corrected chi connectivity index (χ3v) is 2.05. The molecule has 1 amide bonds. The van der Waals surface area contributed by atoms with E-state index in [1.54, 1.807) is 0 Å². The van der Waals surface area contributed by atoms with Gasteiger partial charge in [-0.05, 0) is 12.8 Å². The lowest BCUT2D eigenvalue weighted by Gasteiger charge is -2.32. The lowest BCUT2D eigenvalue weighted by molar-refractivity contribution is -0.118. The van der Waals surface area contributed by atoms with Crippen molar-refractivity contribution in [2.45, 2.75) is 31.9 Å². The van der Waals surface area contributed by atoms with Crippen molar-refractivity contribution in [2.24, 2.45) is 0 Å². The number of hydrogen-bond donors (Lipinski definition) is 3. The highest BCUT2D eigenvalue weighted by Crippen LogP contribution is 2.18. The van der Waals surface area contributed by atoms with E-state index in [2.05, 4.69) is 10.6 Å². The Kier molecular flexibility index (Phi) is 3.49. The van der Waals surface area contributed by atoms with Crippen LogP contribution in [-0.4, -0.2) is 36.2 Å². The zero-order valence-electron chi connectivity index (χ0n) is 7.34. The Labute approximate surface area is 72.3 Å². The largest absolute Gasteiger partial charge is 0.393 e. The number of carbonyl (C=O) groups is 1. The summed E-state index contributed by atoms with van der Waals surface area (Å²) in [5.41, 5.74) is 0. The average Bonchev–Trinajstić information content (AvgIpc) is 1.93. The van der Waals surface area contributed by atoms with Gasteiger partial charge in [-0.15, -0.1) is 0 Å². The third-order valence-electron chi connectivity index (χ3n) is 2.05. The SMILES string of the molecule is CC(=O)NCCNC1CC(O)C1. The molecule has 0 aromatic carbocycles. The number of aliphatic hydroxyl groups is 1. The predicted octanol–water partition coefficient (Wildman–Crippen LogP) is -0.765. The second-order valence-electron chi connectivity index (χ2n) is 3.26. The van der Waals surface area contributed by atoms with Crippen LogP contribution in [0.4, 0.5) is 0 Å². The molecule has 0 bridgehead atoms. The van der Waals surface area contributed by atoms with Crippen molar-refractivity contribution in [3.63, 3.8) is 0 Å². The normalized spacial score (nSPS) is 27.8. The number of nitrogens with one attached hydrogen (secondary N) is 2. The second kappa shape index (κ2) is 4.42. The predicted molar refractivity (Wildman–Crippen MR) is 45.7 cm³/mol. The van der Waals surface area contributed by atoms with Crippen LogP contribution < -0.4 is 10.6 Å². The molecule has 1 saturated carbocycles. The Hall–Kier alpha value is -0.610. The minimum absolute atomic E-state index is 0.00504. The fourth-order valence-electron chi connectivity index (χ4n) is 1.27. The zero-order valence-corrected chi connectivity index (χ0v) is 7.34. The molecule has 3 N–H and O–H groups in total. The van der Waals surface area contributed by atoms with Gasteiger partial charge < -0.3 is 15.7 Å². The first-order valence-electron chi connectivity index (χ1n) is 4.34. The highest BCUT2D eigenvalue weighted by Gasteiger charge is 2.25. The summed E-state index contributed by atoms with van der Waals surface area (Å²) in [6.45, 7) is 2.96. The van der Waals surface area contributed by atoms with Crippen molar-refractivity contribution in [1.29, 1.82) is 0 Å². The molecule has 70 valence electrons. The summed E-state index contributed by atoms with van der Waals surface area (Å²) in [7, 11) is 0. The molecule has 0 saturated heterocycles.